The monoisotopic (exact) mass is 509 g/mol. The lowest BCUT2D eigenvalue weighted by Crippen LogP contribution is -2.02. The average molecular weight is 510 g/mol. The largest absolute Gasteiger partial charge is 0.381 e. The van der Waals surface area contributed by atoms with Gasteiger partial charge >= 0.3 is 0 Å². The first kappa shape index (κ1) is 29.1. The highest BCUT2D eigenvalue weighted by Gasteiger charge is 2.14. The lowest BCUT2D eigenvalue weighted by atomic mass is 9.88. The fourth-order valence-corrected chi connectivity index (χ4v) is 4.47. The number of allylic oxidation sites excluding steroid dienone is 12. The van der Waals surface area contributed by atoms with E-state index in [1.807, 2.05) is 31.3 Å². The van der Waals surface area contributed by atoms with E-state index >= 15 is 0 Å². The molecule has 0 saturated carbocycles. The van der Waals surface area contributed by atoms with E-state index in [1.54, 1.807) is 0 Å². The lowest BCUT2D eigenvalue weighted by Gasteiger charge is -2.17. The molecule has 2 aromatic rings. The highest BCUT2D eigenvalue weighted by atomic mass is 16.5. The van der Waals surface area contributed by atoms with E-state index in [-0.39, 0.29) is 0 Å². The summed E-state index contributed by atoms with van der Waals surface area (Å²) in [5.41, 5.74) is 9.22. The van der Waals surface area contributed by atoms with Gasteiger partial charge in [0.2, 0.25) is 0 Å². The van der Waals surface area contributed by atoms with Crippen molar-refractivity contribution in [3.05, 3.63) is 114 Å². The molecule has 0 bridgehead atoms. The summed E-state index contributed by atoms with van der Waals surface area (Å²) in [4.78, 5) is 4.66. The topological polar surface area (TPSA) is 50.8 Å². The Morgan fingerprint density at radius 1 is 1.13 bits per heavy atom. The number of aromatic amines is 1. The number of hydrogen-bond acceptors (Lipinski definition) is 3. The first-order chi connectivity index (χ1) is 18.4. The smallest absolute Gasteiger partial charge is 0.0912 e. The number of nitrogens with one attached hydrogen (secondary N) is 1. The van der Waals surface area contributed by atoms with Crippen molar-refractivity contribution in [2.45, 2.75) is 59.8 Å². The zero-order valence-corrected chi connectivity index (χ0v) is 23.6. The molecule has 200 valence electrons. The predicted octanol–water partition coefficient (Wildman–Crippen LogP) is 8.90. The Bertz CT molecular complexity index is 1250. The molecule has 0 spiro atoms. The summed E-state index contributed by atoms with van der Waals surface area (Å²) in [7, 11) is 0. The first-order valence-corrected chi connectivity index (χ1v) is 13.8. The molecule has 4 nitrogen and oxygen atoms in total. The molecule has 0 amide bonds. The molecule has 4 heteroatoms. The minimum Gasteiger partial charge on any atom is -0.381 e. The minimum atomic E-state index is 0.428. The van der Waals surface area contributed by atoms with Crippen LogP contribution in [-0.2, 0) is 4.74 Å². The van der Waals surface area contributed by atoms with Crippen molar-refractivity contribution in [1.82, 2.24) is 15.2 Å². The second-order valence-corrected chi connectivity index (χ2v) is 9.89. The van der Waals surface area contributed by atoms with Crippen molar-refractivity contribution in [2.75, 3.05) is 13.2 Å². The predicted molar refractivity (Wildman–Crippen MR) is 162 cm³/mol. The summed E-state index contributed by atoms with van der Waals surface area (Å²) in [6, 6.07) is 6.01. The van der Waals surface area contributed by atoms with Gasteiger partial charge in [0.25, 0.3) is 0 Å². The molecule has 0 radical (unpaired) electrons. The summed E-state index contributed by atoms with van der Waals surface area (Å²) < 4.78 is 5.60. The van der Waals surface area contributed by atoms with Gasteiger partial charge in [0.1, 0.15) is 0 Å². The van der Waals surface area contributed by atoms with Crippen molar-refractivity contribution in [1.29, 1.82) is 0 Å². The number of ether oxygens (including phenoxy) is 1. The molecule has 38 heavy (non-hydrogen) atoms. The van der Waals surface area contributed by atoms with Crippen molar-refractivity contribution < 1.29 is 4.74 Å². The number of pyridine rings is 1. The summed E-state index contributed by atoms with van der Waals surface area (Å²) in [6.45, 7) is 19.0. The Kier molecular flexibility index (Phi) is 11.5. The minimum absolute atomic E-state index is 0.428. The van der Waals surface area contributed by atoms with Crippen LogP contribution < -0.4 is 0 Å². The molecule has 0 saturated heterocycles. The third-order valence-corrected chi connectivity index (χ3v) is 6.84. The van der Waals surface area contributed by atoms with Gasteiger partial charge in [-0.1, -0.05) is 82.4 Å². The molecule has 1 unspecified atom stereocenters. The Labute approximate surface area is 229 Å². The highest BCUT2D eigenvalue weighted by Crippen LogP contribution is 2.30. The van der Waals surface area contributed by atoms with Crippen LogP contribution in [0, 0.1) is 12.8 Å². The maximum Gasteiger partial charge on any atom is 0.0912 e. The molecular formula is C34H43N3O. The Hall–Kier alpha value is -3.50. The Balaban J connectivity index is 1.68. The number of hydrogen-bond donors (Lipinski definition) is 1. The van der Waals surface area contributed by atoms with Crippen LogP contribution in [0.15, 0.2) is 102 Å². The summed E-state index contributed by atoms with van der Waals surface area (Å²) >= 11 is 0. The fourth-order valence-electron chi connectivity index (χ4n) is 4.47. The maximum atomic E-state index is 5.60. The molecule has 3 rings (SSSR count). The van der Waals surface area contributed by atoms with E-state index in [1.165, 1.54) is 24.0 Å². The van der Waals surface area contributed by atoms with Crippen molar-refractivity contribution in [3.63, 3.8) is 0 Å². The van der Waals surface area contributed by atoms with E-state index in [0.29, 0.717) is 5.92 Å². The molecule has 1 aliphatic rings. The molecule has 1 aliphatic carbocycles. The second kappa shape index (κ2) is 15.0. The molecular weight excluding hydrogens is 466 g/mol. The van der Waals surface area contributed by atoms with Gasteiger partial charge < -0.3 is 4.74 Å². The molecule has 2 heterocycles. The van der Waals surface area contributed by atoms with Crippen LogP contribution in [-0.4, -0.2) is 28.4 Å². The van der Waals surface area contributed by atoms with Gasteiger partial charge in [0, 0.05) is 24.5 Å². The van der Waals surface area contributed by atoms with Gasteiger partial charge in [0.05, 0.1) is 17.6 Å². The third-order valence-electron chi connectivity index (χ3n) is 6.84. The average Bonchev–Trinajstić information content (AvgIpc) is 3.40. The zero-order valence-electron chi connectivity index (χ0n) is 23.6. The Morgan fingerprint density at radius 3 is 2.74 bits per heavy atom. The molecule has 1 atom stereocenters. The maximum absolute atomic E-state index is 5.60. The van der Waals surface area contributed by atoms with E-state index in [0.717, 1.165) is 71.8 Å². The molecule has 0 fully saturated rings. The van der Waals surface area contributed by atoms with Gasteiger partial charge in [-0.2, -0.15) is 5.10 Å². The van der Waals surface area contributed by atoms with Crippen LogP contribution in [0.2, 0.25) is 0 Å². The van der Waals surface area contributed by atoms with Gasteiger partial charge in [-0.15, -0.1) is 0 Å². The van der Waals surface area contributed by atoms with Crippen LogP contribution >= 0.6 is 0 Å². The fraction of sp³-hybridized carbons (Fsp3) is 0.353. The van der Waals surface area contributed by atoms with Gasteiger partial charge in [-0.3, -0.25) is 10.1 Å². The number of aryl methyl sites for hydroxylation is 1. The number of rotatable bonds is 13. The van der Waals surface area contributed by atoms with Crippen LogP contribution in [0.3, 0.4) is 0 Å². The van der Waals surface area contributed by atoms with Crippen LogP contribution in [0.5, 0.6) is 0 Å². The third kappa shape index (κ3) is 8.26. The molecule has 0 aliphatic heterocycles. The van der Waals surface area contributed by atoms with Crippen molar-refractivity contribution in [2.24, 2.45) is 5.92 Å². The highest BCUT2D eigenvalue weighted by molar-refractivity contribution is 5.84. The summed E-state index contributed by atoms with van der Waals surface area (Å²) in [5.74, 6) is 0.428. The molecule has 2 aromatic heterocycles. The number of aromatic nitrogens is 3. The van der Waals surface area contributed by atoms with Gasteiger partial charge in [-0.25, -0.2) is 0 Å². The van der Waals surface area contributed by atoms with E-state index in [4.69, 9.17) is 4.74 Å². The standard InChI is InChI=1S/C34H43N3O/c1-7-21-38-22-11-9-10-14-25(3)28(6)29(8-2)23-31-17-13-16-30(20-19-26(31)4)32-24-35-37-34(32)33-18-12-15-27(5)36-33/h8,12-13,15-20,23-25H,4,6-7,9-11,14,21-22H2,1-3,5H3,(H,35,37)/b17-13+,20-19-,29-8+,30-16-,31-23-. The summed E-state index contributed by atoms with van der Waals surface area (Å²) in [6.07, 6.45) is 22.4. The number of nitrogens with zero attached hydrogens (tertiary/aromatic N) is 2. The van der Waals surface area contributed by atoms with E-state index in [2.05, 4.69) is 91.6 Å². The summed E-state index contributed by atoms with van der Waals surface area (Å²) in [5, 5.41) is 7.42. The zero-order chi connectivity index (χ0) is 27.3. The SMILES string of the molecule is C=C1\C=C/C(c2cn[nH]c2-c2cccc(C)n2)=C/C=C/C1=C/C(=C\C)C(=C)C(C)CCCCCOCCC. The van der Waals surface area contributed by atoms with Gasteiger partial charge in [-0.05, 0) is 85.1 Å². The van der Waals surface area contributed by atoms with E-state index < -0.39 is 0 Å². The van der Waals surface area contributed by atoms with Crippen LogP contribution in [0.25, 0.3) is 17.0 Å². The van der Waals surface area contributed by atoms with Crippen LogP contribution in [0.1, 0.15) is 64.1 Å². The number of unbranched alkanes of at least 4 members (excludes halogenated alkanes) is 2. The van der Waals surface area contributed by atoms with Crippen LogP contribution in [0.4, 0.5) is 0 Å². The number of H-pyrrole nitrogens is 1. The Morgan fingerprint density at radius 2 is 1.97 bits per heavy atom. The van der Waals surface area contributed by atoms with E-state index in [9.17, 15) is 0 Å². The second-order valence-electron chi connectivity index (χ2n) is 9.89. The van der Waals surface area contributed by atoms with Crippen molar-refractivity contribution in [3.8, 4) is 11.4 Å². The lowest BCUT2D eigenvalue weighted by molar-refractivity contribution is 0.130. The van der Waals surface area contributed by atoms with Crippen molar-refractivity contribution >= 4 is 5.57 Å². The first-order valence-electron chi connectivity index (χ1n) is 13.8. The quantitative estimate of drug-likeness (QED) is 0.217. The molecule has 1 N–H and O–H groups in total. The molecule has 0 aromatic carbocycles. The normalized spacial score (nSPS) is 18.9. The van der Waals surface area contributed by atoms with Gasteiger partial charge in [0.15, 0.2) is 0 Å².